The molecule has 0 bridgehead atoms. The van der Waals surface area contributed by atoms with Crippen molar-refractivity contribution in [2.45, 2.75) is 57.5 Å². The van der Waals surface area contributed by atoms with Gasteiger partial charge in [-0.2, -0.15) is 0 Å². The average molecular weight is 461 g/mol. The van der Waals surface area contributed by atoms with Crippen molar-refractivity contribution in [1.29, 1.82) is 0 Å². The van der Waals surface area contributed by atoms with Crippen LogP contribution in [0.2, 0.25) is 0 Å². The molecule has 1 fully saturated rings. The molecule has 1 aliphatic carbocycles. The second kappa shape index (κ2) is 10.4. The van der Waals surface area contributed by atoms with Crippen LogP contribution in [0.1, 0.15) is 62.5 Å². The highest BCUT2D eigenvalue weighted by molar-refractivity contribution is 7.89. The Bertz CT molecular complexity index is 1030. The van der Waals surface area contributed by atoms with Gasteiger partial charge in [-0.3, -0.25) is 4.79 Å². The molecule has 0 radical (unpaired) electrons. The van der Waals surface area contributed by atoms with Crippen molar-refractivity contribution in [1.82, 2.24) is 10.0 Å². The first kappa shape index (κ1) is 24.1. The predicted molar refractivity (Wildman–Crippen MR) is 124 cm³/mol. The van der Waals surface area contributed by atoms with Gasteiger partial charge in [0.05, 0.1) is 24.2 Å². The van der Waals surface area contributed by atoms with Crippen LogP contribution in [-0.2, 0) is 10.0 Å². The monoisotopic (exact) mass is 460 g/mol. The molecule has 0 saturated heterocycles. The summed E-state index contributed by atoms with van der Waals surface area (Å²) in [5, 5.41) is 3.07. The van der Waals surface area contributed by atoms with Crippen LogP contribution in [0.3, 0.4) is 0 Å². The Kier molecular flexibility index (Phi) is 7.79. The van der Waals surface area contributed by atoms with Crippen LogP contribution < -0.4 is 19.5 Å². The molecule has 1 amide bonds. The molecule has 174 valence electrons. The van der Waals surface area contributed by atoms with Crippen LogP contribution in [0.25, 0.3) is 0 Å². The van der Waals surface area contributed by atoms with E-state index in [0.717, 1.165) is 18.4 Å². The smallest absolute Gasteiger partial charge is 0.251 e. The number of benzene rings is 2. The Balaban J connectivity index is 1.77. The van der Waals surface area contributed by atoms with Crippen LogP contribution in [0.4, 0.5) is 0 Å². The minimum atomic E-state index is -3.55. The van der Waals surface area contributed by atoms with Gasteiger partial charge in [0.15, 0.2) is 11.5 Å². The van der Waals surface area contributed by atoms with E-state index in [-0.39, 0.29) is 28.8 Å². The average Bonchev–Trinajstić information content (AvgIpc) is 3.56. The van der Waals surface area contributed by atoms with Gasteiger partial charge in [-0.05, 0) is 74.6 Å². The van der Waals surface area contributed by atoms with E-state index < -0.39 is 10.0 Å². The molecule has 2 aromatic carbocycles. The van der Waals surface area contributed by atoms with Crippen molar-refractivity contribution in [3.8, 4) is 11.5 Å². The molecule has 2 N–H and O–H groups in total. The third kappa shape index (κ3) is 6.01. The quantitative estimate of drug-likeness (QED) is 0.528. The highest BCUT2D eigenvalue weighted by atomic mass is 32.2. The zero-order valence-corrected chi connectivity index (χ0v) is 19.9. The lowest BCUT2D eigenvalue weighted by molar-refractivity contribution is 0.0925. The van der Waals surface area contributed by atoms with Crippen LogP contribution in [0, 0.1) is 5.92 Å². The fourth-order valence-electron chi connectivity index (χ4n) is 3.39. The molecule has 2 aromatic rings. The molecule has 0 aliphatic heterocycles. The first-order valence-corrected chi connectivity index (χ1v) is 12.6. The number of carbonyl (C=O) groups is 1. The number of hydrogen-bond donors (Lipinski definition) is 2. The van der Waals surface area contributed by atoms with E-state index in [2.05, 4.69) is 10.0 Å². The molecule has 1 saturated carbocycles. The first-order valence-electron chi connectivity index (χ1n) is 11.1. The molecule has 3 rings (SSSR count). The Morgan fingerprint density at radius 2 is 1.62 bits per heavy atom. The number of nitrogens with one attached hydrogen (secondary N) is 2. The van der Waals surface area contributed by atoms with Gasteiger partial charge < -0.3 is 14.8 Å². The molecule has 1 aliphatic rings. The van der Waals surface area contributed by atoms with Gasteiger partial charge in [0.2, 0.25) is 10.0 Å². The third-order valence-corrected chi connectivity index (χ3v) is 6.74. The largest absolute Gasteiger partial charge is 0.490 e. The highest BCUT2D eigenvalue weighted by Crippen LogP contribution is 2.33. The van der Waals surface area contributed by atoms with Crippen molar-refractivity contribution in [3.05, 3.63) is 53.6 Å². The summed E-state index contributed by atoms with van der Waals surface area (Å²) in [7, 11) is -3.55. The fourth-order valence-corrected chi connectivity index (χ4v) is 4.70. The lowest BCUT2D eigenvalue weighted by Crippen LogP contribution is -2.32. The van der Waals surface area contributed by atoms with E-state index >= 15 is 0 Å². The standard InChI is InChI=1S/C24H32N2O5S/c1-5-30-21-14-9-18(15-22(21)31-6-2)23(16(3)4)25-24(27)17-7-12-20(13-8-17)32(28,29)26-19-10-11-19/h7-9,12-16,19,23,26H,5-6,10-11H2,1-4H3,(H,25,27). The number of carbonyl (C=O) groups excluding carboxylic acids is 1. The fraction of sp³-hybridized carbons (Fsp3) is 0.458. The van der Waals surface area contributed by atoms with E-state index in [0.29, 0.717) is 30.3 Å². The summed E-state index contributed by atoms with van der Waals surface area (Å²) in [6, 6.07) is 11.5. The van der Waals surface area contributed by atoms with Gasteiger partial charge in [-0.15, -0.1) is 0 Å². The first-order chi connectivity index (χ1) is 15.2. The Morgan fingerprint density at radius 1 is 1.00 bits per heavy atom. The number of amides is 1. The molecule has 1 unspecified atom stereocenters. The summed E-state index contributed by atoms with van der Waals surface area (Å²) in [5.41, 5.74) is 1.31. The van der Waals surface area contributed by atoms with Crippen molar-refractivity contribution >= 4 is 15.9 Å². The van der Waals surface area contributed by atoms with Crippen molar-refractivity contribution in [2.24, 2.45) is 5.92 Å². The van der Waals surface area contributed by atoms with Crippen molar-refractivity contribution < 1.29 is 22.7 Å². The van der Waals surface area contributed by atoms with Crippen LogP contribution >= 0.6 is 0 Å². The van der Waals surface area contributed by atoms with Gasteiger partial charge in [-0.25, -0.2) is 13.1 Å². The van der Waals surface area contributed by atoms with Gasteiger partial charge >= 0.3 is 0 Å². The summed E-state index contributed by atoms with van der Waals surface area (Å²) in [6.07, 6.45) is 1.74. The molecule has 0 aromatic heterocycles. The zero-order valence-electron chi connectivity index (χ0n) is 19.1. The van der Waals surface area contributed by atoms with E-state index in [1.54, 1.807) is 0 Å². The van der Waals surface area contributed by atoms with Crippen molar-refractivity contribution in [2.75, 3.05) is 13.2 Å². The second-order valence-corrected chi connectivity index (χ2v) is 9.90. The SMILES string of the molecule is CCOc1ccc(C(NC(=O)c2ccc(S(=O)(=O)NC3CC3)cc2)C(C)C)cc1OCC. The number of sulfonamides is 1. The lowest BCUT2D eigenvalue weighted by atomic mass is 9.95. The maximum absolute atomic E-state index is 12.9. The predicted octanol–water partition coefficient (Wildman–Crippen LogP) is 4.05. The molecule has 32 heavy (non-hydrogen) atoms. The second-order valence-electron chi connectivity index (χ2n) is 8.19. The normalized spacial score (nSPS) is 14.8. The zero-order chi connectivity index (χ0) is 23.3. The van der Waals surface area contributed by atoms with Gasteiger partial charge in [0.1, 0.15) is 0 Å². The van der Waals surface area contributed by atoms with Crippen LogP contribution in [0.5, 0.6) is 11.5 Å². The third-order valence-electron chi connectivity index (χ3n) is 5.21. The van der Waals surface area contributed by atoms with Gasteiger partial charge in [0, 0.05) is 11.6 Å². The molecule has 0 heterocycles. The maximum atomic E-state index is 12.9. The molecular weight excluding hydrogens is 428 g/mol. The summed E-state index contributed by atoms with van der Waals surface area (Å²) >= 11 is 0. The molecule has 8 heteroatoms. The van der Waals surface area contributed by atoms with E-state index in [4.69, 9.17) is 9.47 Å². The number of rotatable bonds is 11. The summed E-state index contributed by atoms with van der Waals surface area (Å²) in [5.74, 6) is 1.16. The number of hydrogen-bond acceptors (Lipinski definition) is 5. The number of ether oxygens (including phenoxy) is 2. The lowest BCUT2D eigenvalue weighted by Gasteiger charge is -2.24. The molecule has 7 nitrogen and oxygen atoms in total. The van der Waals surface area contributed by atoms with E-state index in [9.17, 15) is 13.2 Å². The topological polar surface area (TPSA) is 93.7 Å². The molecule has 1 atom stereocenters. The van der Waals surface area contributed by atoms with Crippen LogP contribution in [0.15, 0.2) is 47.4 Å². The molecule has 0 spiro atoms. The highest BCUT2D eigenvalue weighted by Gasteiger charge is 2.28. The summed E-state index contributed by atoms with van der Waals surface area (Å²) in [6.45, 7) is 8.92. The minimum Gasteiger partial charge on any atom is -0.490 e. The Labute approximate surface area is 190 Å². The van der Waals surface area contributed by atoms with Crippen molar-refractivity contribution in [3.63, 3.8) is 0 Å². The Hall–Kier alpha value is -2.58. The van der Waals surface area contributed by atoms with Gasteiger partial charge in [0.25, 0.3) is 5.91 Å². The Morgan fingerprint density at radius 3 is 2.19 bits per heavy atom. The van der Waals surface area contributed by atoms with E-state index in [1.165, 1.54) is 24.3 Å². The summed E-state index contributed by atoms with van der Waals surface area (Å²) in [4.78, 5) is 13.1. The minimum absolute atomic E-state index is 0.0328. The maximum Gasteiger partial charge on any atom is 0.251 e. The van der Waals surface area contributed by atoms with Crippen LogP contribution in [-0.4, -0.2) is 33.6 Å². The molecular formula is C24H32N2O5S. The van der Waals surface area contributed by atoms with E-state index in [1.807, 2.05) is 45.9 Å². The van der Waals surface area contributed by atoms with Gasteiger partial charge in [-0.1, -0.05) is 19.9 Å². The summed E-state index contributed by atoms with van der Waals surface area (Å²) < 4.78 is 38.7.